The summed E-state index contributed by atoms with van der Waals surface area (Å²) in [5.41, 5.74) is 2.12. The Morgan fingerprint density at radius 1 is 1.50 bits per heavy atom. The van der Waals surface area contributed by atoms with Crippen molar-refractivity contribution in [3.63, 3.8) is 0 Å². The van der Waals surface area contributed by atoms with Gasteiger partial charge >= 0.3 is 0 Å². The van der Waals surface area contributed by atoms with Crippen LogP contribution in [-0.4, -0.2) is 30.6 Å². The Bertz CT molecular complexity index is 278. The summed E-state index contributed by atoms with van der Waals surface area (Å²) in [6.07, 6.45) is 4.54. The summed E-state index contributed by atoms with van der Waals surface area (Å²) in [6, 6.07) is 0. The zero-order valence-electron chi connectivity index (χ0n) is 7.21. The van der Waals surface area contributed by atoms with Crippen LogP contribution in [0.25, 0.3) is 0 Å². The smallest absolute Gasteiger partial charge is 0.162 e. The van der Waals surface area contributed by atoms with Crippen molar-refractivity contribution in [3.05, 3.63) is 11.3 Å². The SMILES string of the molecule is CN1C=NCC2=C1CCCC2=O. The number of rotatable bonds is 0. The molecule has 0 N–H and O–H groups in total. The molecule has 0 saturated heterocycles. The van der Waals surface area contributed by atoms with Crippen molar-refractivity contribution in [2.24, 2.45) is 4.99 Å². The highest BCUT2D eigenvalue weighted by atomic mass is 16.1. The van der Waals surface area contributed by atoms with Crippen LogP contribution in [0.2, 0.25) is 0 Å². The minimum Gasteiger partial charge on any atom is -0.339 e. The van der Waals surface area contributed by atoms with Crippen molar-refractivity contribution in [1.29, 1.82) is 0 Å². The lowest BCUT2D eigenvalue weighted by Crippen LogP contribution is -2.28. The molecule has 0 aromatic heterocycles. The third kappa shape index (κ3) is 1.05. The molecule has 0 saturated carbocycles. The second-order valence-electron chi connectivity index (χ2n) is 3.27. The van der Waals surface area contributed by atoms with E-state index in [2.05, 4.69) is 4.99 Å². The molecule has 0 unspecified atom stereocenters. The maximum absolute atomic E-state index is 11.4. The summed E-state index contributed by atoms with van der Waals surface area (Å²) in [4.78, 5) is 17.5. The van der Waals surface area contributed by atoms with Gasteiger partial charge in [-0.3, -0.25) is 9.79 Å². The molecule has 1 aliphatic carbocycles. The third-order valence-electron chi connectivity index (χ3n) is 2.43. The average molecular weight is 164 g/mol. The molecular formula is C9H12N2O. The Morgan fingerprint density at radius 2 is 2.33 bits per heavy atom. The maximum atomic E-state index is 11.4. The highest BCUT2D eigenvalue weighted by Gasteiger charge is 2.23. The number of allylic oxidation sites excluding steroid dienone is 1. The van der Waals surface area contributed by atoms with E-state index in [1.807, 2.05) is 11.9 Å². The van der Waals surface area contributed by atoms with Crippen LogP contribution in [0, 0.1) is 0 Å². The second kappa shape index (κ2) is 2.73. The van der Waals surface area contributed by atoms with E-state index in [0.717, 1.165) is 18.4 Å². The Balaban J connectivity index is 2.35. The van der Waals surface area contributed by atoms with Crippen molar-refractivity contribution in [2.75, 3.05) is 13.6 Å². The third-order valence-corrected chi connectivity index (χ3v) is 2.43. The zero-order chi connectivity index (χ0) is 8.55. The molecule has 0 aromatic carbocycles. The van der Waals surface area contributed by atoms with Crippen molar-refractivity contribution in [1.82, 2.24) is 4.90 Å². The number of carbonyl (C=O) groups is 1. The van der Waals surface area contributed by atoms with Crippen LogP contribution in [0.15, 0.2) is 16.3 Å². The number of aliphatic imine (C=N–C) groups is 1. The number of hydrogen-bond acceptors (Lipinski definition) is 3. The van der Waals surface area contributed by atoms with Crippen molar-refractivity contribution < 1.29 is 4.79 Å². The number of Topliss-reactive ketones (excluding diaryl/α,β-unsaturated/α-hetero) is 1. The number of nitrogens with zero attached hydrogens (tertiary/aromatic N) is 2. The maximum Gasteiger partial charge on any atom is 0.162 e. The molecule has 0 radical (unpaired) electrons. The summed E-state index contributed by atoms with van der Waals surface area (Å²) >= 11 is 0. The molecule has 3 heteroatoms. The number of hydrogen-bond donors (Lipinski definition) is 0. The van der Waals surface area contributed by atoms with E-state index in [1.54, 1.807) is 6.34 Å². The van der Waals surface area contributed by atoms with Gasteiger partial charge in [0, 0.05) is 24.7 Å². The van der Waals surface area contributed by atoms with E-state index in [1.165, 1.54) is 5.70 Å². The number of ketones is 1. The van der Waals surface area contributed by atoms with Gasteiger partial charge in [0.05, 0.1) is 12.9 Å². The molecule has 2 aliphatic rings. The zero-order valence-corrected chi connectivity index (χ0v) is 7.21. The van der Waals surface area contributed by atoms with E-state index in [9.17, 15) is 4.79 Å². The van der Waals surface area contributed by atoms with Gasteiger partial charge < -0.3 is 4.90 Å². The summed E-state index contributed by atoms with van der Waals surface area (Å²) in [5.74, 6) is 0.292. The fourth-order valence-electron chi connectivity index (χ4n) is 1.77. The molecule has 12 heavy (non-hydrogen) atoms. The van der Waals surface area contributed by atoms with Crippen molar-refractivity contribution in [3.8, 4) is 0 Å². The van der Waals surface area contributed by atoms with Gasteiger partial charge in [-0.05, 0) is 12.8 Å². The summed E-state index contributed by atoms with van der Waals surface area (Å²) in [7, 11) is 1.95. The van der Waals surface area contributed by atoms with Gasteiger partial charge in [-0.1, -0.05) is 0 Å². The van der Waals surface area contributed by atoms with E-state index in [-0.39, 0.29) is 0 Å². The van der Waals surface area contributed by atoms with Crippen LogP contribution in [0.4, 0.5) is 0 Å². The first kappa shape index (κ1) is 7.53. The molecule has 0 fully saturated rings. The predicted octanol–water partition coefficient (Wildman–Crippen LogP) is 0.967. The molecule has 64 valence electrons. The van der Waals surface area contributed by atoms with E-state index in [0.29, 0.717) is 18.7 Å². The molecule has 0 spiro atoms. The van der Waals surface area contributed by atoms with Crippen molar-refractivity contribution >= 4 is 12.1 Å². The first-order chi connectivity index (χ1) is 5.79. The Hall–Kier alpha value is -1.12. The largest absolute Gasteiger partial charge is 0.339 e. The minimum absolute atomic E-state index is 0.292. The lowest BCUT2D eigenvalue weighted by atomic mass is 9.94. The Kier molecular flexibility index (Phi) is 1.71. The van der Waals surface area contributed by atoms with Crippen molar-refractivity contribution in [2.45, 2.75) is 19.3 Å². The molecule has 0 atom stereocenters. The highest BCUT2D eigenvalue weighted by Crippen LogP contribution is 2.25. The van der Waals surface area contributed by atoms with E-state index >= 15 is 0 Å². The van der Waals surface area contributed by atoms with Gasteiger partial charge in [0.25, 0.3) is 0 Å². The fraction of sp³-hybridized carbons (Fsp3) is 0.556. The molecule has 1 heterocycles. The molecule has 0 aromatic rings. The lowest BCUT2D eigenvalue weighted by Gasteiger charge is -2.27. The summed E-state index contributed by atoms with van der Waals surface area (Å²) < 4.78 is 0. The molecule has 2 rings (SSSR count). The van der Waals surface area contributed by atoms with Gasteiger partial charge in [-0.15, -0.1) is 0 Å². The average Bonchev–Trinajstić information content (AvgIpc) is 2.07. The fourth-order valence-corrected chi connectivity index (χ4v) is 1.77. The quantitative estimate of drug-likeness (QED) is 0.534. The standard InChI is InChI=1S/C9H12N2O/c1-11-6-10-5-7-8(11)3-2-4-9(7)12/h6H,2-5H2,1H3. The topological polar surface area (TPSA) is 32.7 Å². The first-order valence-electron chi connectivity index (χ1n) is 4.27. The predicted molar refractivity (Wildman–Crippen MR) is 47.0 cm³/mol. The summed E-state index contributed by atoms with van der Waals surface area (Å²) in [6.45, 7) is 0.596. The van der Waals surface area contributed by atoms with Crippen LogP contribution >= 0.6 is 0 Å². The van der Waals surface area contributed by atoms with E-state index < -0.39 is 0 Å². The van der Waals surface area contributed by atoms with Gasteiger partial charge in [0.2, 0.25) is 0 Å². The molecule has 0 amide bonds. The molecule has 3 nitrogen and oxygen atoms in total. The normalized spacial score (nSPS) is 23.1. The highest BCUT2D eigenvalue weighted by molar-refractivity contribution is 5.98. The van der Waals surface area contributed by atoms with Crippen LogP contribution in [0.1, 0.15) is 19.3 Å². The second-order valence-corrected chi connectivity index (χ2v) is 3.27. The van der Waals surface area contributed by atoms with Crippen LogP contribution in [0.5, 0.6) is 0 Å². The Labute approximate surface area is 71.8 Å². The van der Waals surface area contributed by atoms with Gasteiger partial charge in [0.15, 0.2) is 5.78 Å². The summed E-state index contributed by atoms with van der Waals surface area (Å²) in [5, 5.41) is 0. The first-order valence-corrected chi connectivity index (χ1v) is 4.27. The van der Waals surface area contributed by atoms with Gasteiger partial charge in [-0.25, -0.2) is 0 Å². The van der Waals surface area contributed by atoms with Crippen LogP contribution in [-0.2, 0) is 4.79 Å². The van der Waals surface area contributed by atoms with Crippen LogP contribution < -0.4 is 0 Å². The lowest BCUT2D eigenvalue weighted by molar-refractivity contribution is -0.116. The molecule has 1 aliphatic heterocycles. The number of carbonyl (C=O) groups excluding carboxylic acids is 1. The van der Waals surface area contributed by atoms with Gasteiger partial charge in [0.1, 0.15) is 0 Å². The molecule has 0 bridgehead atoms. The van der Waals surface area contributed by atoms with Crippen LogP contribution in [0.3, 0.4) is 0 Å². The van der Waals surface area contributed by atoms with E-state index in [4.69, 9.17) is 0 Å². The minimum atomic E-state index is 0.292. The van der Waals surface area contributed by atoms with Gasteiger partial charge in [-0.2, -0.15) is 0 Å². The molecular weight excluding hydrogens is 152 g/mol. The Morgan fingerprint density at radius 3 is 3.08 bits per heavy atom. The monoisotopic (exact) mass is 164 g/mol.